The summed E-state index contributed by atoms with van der Waals surface area (Å²) < 4.78 is 62.3. The van der Waals surface area contributed by atoms with Crippen molar-refractivity contribution in [2.24, 2.45) is 11.8 Å². The summed E-state index contributed by atoms with van der Waals surface area (Å²) in [6, 6.07) is 6.10. The van der Waals surface area contributed by atoms with E-state index in [0.29, 0.717) is 35.5 Å². The molecule has 0 spiro atoms. The zero-order valence-electron chi connectivity index (χ0n) is 24.4. The van der Waals surface area contributed by atoms with E-state index in [-0.39, 0.29) is 42.3 Å². The van der Waals surface area contributed by atoms with Crippen LogP contribution in [0, 0.1) is 11.8 Å². The summed E-state index contributed by atoms with van der Waals surface area (Å²) in [6.07, 6.45) is -4.21. The molecule has 0 radical (unpaired) electrons. The van der Waals surface area contributed by atoms with Gasteiger partial charge in [0, 0.05) is 62.8 Å². The molecule has 3 aliphatic rings. The van der Waals surface area contributed by atoms with Crippen LogP contribution in [-0.4, -0.2) is 114 Å². The summed E-state index contributed by atoms with van der Waals surface area (Å²) in [6.45, 7) is 4.70. The lowest BCUT2D eigenvalue weighted by atomic mass is 10.0. The second kappa shape index (κ2) is 12.0. The molecule has 2 aliphatic heterocycles. The molecule has 2 saturated heterocycles. The number of halogens is 4. The van der Waals surface area contributed by atoms with Gasteiger partial charge in [0.25, 0.3) is 0 Å². The van der Waals surface area contributed by atoms with Crippen molar-refractivity contribution in [3.05, 3.63) is 30.2 Å². The summed E-state index contributed by atoms with van der Waals surface area (Å²) in [4.78, 5) is 23.7. The molecule has 0 bridgehead atoms. The predicted molar refractivity (Wildman–Crippen MR) is 153 cm³/mol. The minimum Gasteiger partial charge on any atom is -0.379 e. The van der Waals surface area contributed by atoms with Gasteiger partial charge in [0.15, 0.2) is 0 Å². The quantitative estimate of drug-likeness (QED) is 0.359. The number of piperidine rings is 1. The molecule has 6 rings (SSSR count). The number of nitrogens with zero attached hydrogens (tertiary/aromatic N) is 6. The van der Waals surface area contributed by atoms with Crippen molar-refractivity contribution >= 4 is 22.5 Å². The van der Waals surface area contributed by atoms with Gasteiger partial charge in [-0.25, -0.2) is 4.39 Å². The summed E-state index contributed by atoms with van der Waals surface area (Å²) in [5.41, 5.74) is 0.987. The fraction of sp³-hybridized carbons (Fsp3) is 0.621. The first-order chi connectivity index (χ1) is 20.5. The van der Waals surface area contributed by atoms with Crippen LogP contribution >= 0.6 is 0 Å². The fourth-order valence-electron chi connectivity index (χ4n) is 6.22. The van der Waals surface area contributed by atoms with E-state index in [4.69, 9.17) is 4.52 Å². The number of anilines is 1. The molecule has 2 N–H and O–H groups in total. The SMILES string of the molecule is CN1CCN(C[C@@H]2C[C@H]2C(=O)NCc2nc(-c3cc4c(N[C@@H]5CCN(C)C[C@@H]5F)cccc4n3CC(F)(F)F)no2)CC1. The number of amides is 1. The number of likely N-dealkylation sites (tertiary alicyclic amines) is 1. The van der Waals surface area contributed by atoms with Crippen LogP contribution in [0.1, 0.15) is 18.7 Å². The van der Waals surface area contributed by atoms with Gasteiger partial charge < -0.3 is 34.4 Å². The third kappa shape index (κ3) is 6.96. The van der Waals surface area contributed by atoms with Crippen molar-refractivity contribution in [1.29, 1.82) is 0 Å². The molecule has 43 heavy (non-hydrogen) atoms. The molecule has 1 aromatic carbocycles. The Morgan fingerprint density at radius 1 is 1.12 bits per heavy atom. The number of carbonyl (C=O) groups is 1. The Balaban J connectivity index is 1.15. The molecule has 4 atom stereocenters. The smallest absolute Gasteiger partial charge is 0.379 e. The van der Waals surface area contributed by atoms with E-state index in [1.54, 1.807) is 24.3 Å². The standard InChI is InChI=1S/C29H38F4N8O2/c1-38-8-10-40(11-9-38)15-18-12-19(18)28(42)34-14-26-36-27(37-43-26)25-13-20-22(35-23-6-7-39(2)16-21(23)30)4-3-5-24(20)41(25)17-29(31,32)33/h3-5,13,18-19,21,23,35H,6-12,14-17H2,1-2H3,(H,34,42)/t18-,19+,21-,23+/m0/s1. The van der Waals surface area contributed by atoms with Crippen LogP contribution in [0.15, 0.2) is 28.8 Å². The van der Waals surface area contributed by atoms with Crippen LogP contribution in [0.2, 0.25) is 0 Å². The maximum Gasteiger partial charge on any atom is 0.406 e. The number of carbonyl (C=O) groups excluding carboxylic acids is 1. The van der Waals surface area contributed by atoms with Crippen molar-refractivity contribution in [3.8, 4) is 11.5 Å². The van der Waals surface area contributed by atoms with Crippen LogP contribution in [0.5, 0.6) is 0 Å². The maximum absolute atomic E-state index is 14.8. The van der Waals surface area contributed by atoms with Gasteiger partial charge in [0.2, 0.25) is 17.6 Å². The molecule has 0 unspecified atom stereocenters. The van der Waals surface area contributed by atoms with E-state index in [9.17, 15) is 22.4 Å². The first-order valence-corrected chi connectivity index (χ1v) is 14.8. The van der Waals surface area contributed by atoms with Gasteiger partial charge >= 0.3 is 6.18 Å². The first-order valence-electron chi connectivity index (χ1n) is 14.8. The number of nitrogens with one attached hydrogen (secondary N) is 2. The van der Waals surface area contributed by atoms with Crippen molar-refractivity contribution in [1.82, 2.24) is 34.7 Å². The number of piperazine rings is 1. The number of rotatable bonds is 9. The Morgan fingerprint density at radius 3 is 2.65 bits per heavy atom. The lowest BCUT2D eigenvalue weighted by Gasteiger charge is -2.33. The monoisotopic (exact) mass is 606 g/mol. The second-order valence-electron chi connectivity index (χ2n) is 12.2. The van der Waals surface area contributed by atoms with Crippen LogP contribution in [-0.2, 0) is 17.9 Å². The Kier molecular flexibility index (Phi) is 8.35. The molecule has 1 aliphatic carbocycles. The van der Waals surface area contributed by atoms with Crippen LogP contribution in [0.4, 0.5) is 23.2 Å². The van der Waals surface area contributed by atoms with Crippen molar-refractivity contribution in [2.45, 2.75) is 44.3 Å². The van der Waals surface area contributed by atoms with Crippen molar-refractivity contribution < 1.29 is 26.9 Å². The van der Waals surface area contributed by atoms with E-state index in [1.165, 1.54) is 0 Å². The van der Waals surface area contributed by atoms with E-state index in [2.05, 4.69) is 37.6 Å². The van der Waals surface area contributed by atoms with Crippen LogP contribution < -0.4 is 10.6 Å². The minimum absolute atomic E-state index is 0.0100. The van der Waals surface area contributed by atoms with Gasteiger partial charge in [-0.05, 0) is 51.1 Å². The van der Waals surface area contributed by atoms with Gasteiger partial charge in [0.1, 0.15) is 12.7 Å². The zero-order valence-corrected chi connectivity index (χ0v) is 24.4. The highest BCUT2D eigenvalue weighted by Gasteiger charge is 2.43. The Hall–Kier alpha value is -3.23. The normalized spacial score (nSPS) is 25.7. The first kappa shape index (κ1) is 29.8. The van der Waals surface area contributed by atoms with Gasteiger partial charge in [-0.2, -0.15) is 18.2 Å². The molecule has 2 aromatic heterocycles. The molecule has 4 heterocycles. The predicted octanol–water partition coefficient (Wildman–Crippen LogP) is 3.21. The number of benzene rings is 1. The van der Waals surface area contributed by atoms with Crippen molar-refractivity contribution in [3.63, 3.8) is 0 Å². The van der Waals surface area contributed by atoms with Gasteiger partial charge in [-0.1, -0.05) is 11.2 Å². The Labute approximate surface area is 247 Å². The molecule has 3 fully saturated rings. The number of hydrogen-bond acceptors (Lipinski definition) is 8. The highest BCUT2D eigenvalue weighted by molar-refractivity contribution is 5.96. The lowest BCUT2D eigenvalue weighted by molar-refractivity contribution is -0.139. The number of fused-ring (bicyclic) bond motifs is 1. The largest absolute Gasteiger partial charge is 0.406 e. The van der Waals surface area contributed by atoms with Gasteiger partial charge in [0.05, 0.1) is 23.8 Å². The molecule has 14 heteroatoms. The highest BCUT2D eigenvalue weighted by Crippen LogP contribution is 2.39. The highest BCUT2D eigenvalue weighted by atomic mass is 19.4. The third-order valence-corrected chi connectivity index (χ3v) is 8.83. The van der Waals surface area contributed by atoms with E-state index in [1.807, 2.05) is 11.9 Å². The number of aromatic nitrogens is 3. The average molecular weight is 607 g/mol. The molecular formula is C29H38F4N8O2. The molecule has 3 aromatic rings. The zero-order chi connectivity index (χ0) is 30.3. The molecular weight excluding hydrogens is 568 g/mol. The topological polar surface area (TPSA) is 94.7 Å². The van der Waals surface area contributed by atoms with E-state index < -0.39 is 24.9 Å². The van der Waals surface area contributed by atoms with Crippen molar-refractivity contribution in [2.75, 3.05) is 65.2 Å². The summed E-state index contributed by atoms with van der Waals surface area (Å²) in [7, 11) is 3.97. The average Bonchev–Trinajstić information content (AvgIpc) is 3.39. The van der Waals surface area contributed by atoms with Gasteiger partial charge in [-0.3, -0.25) is 4.79 Å². The molecule has 10 nitrogen and oxygen atoms in total. The number of hydrogen-bond donors (Lipinski definition) is 2. The Bertz CT molecular complexity index is 1430. The summed E-state index contributed by atoms with van der Waals surface area (Å²) in [5.74, 6) is 0.271. The molecule has 234 valence electrons. The summed E-state index contributed by atoms with van der Waals surface area (Å²) in [5, 5.41) is 10.5. The minimum atomic E-state index is -4.51. The van der Waals surface area contributed by atoms with Crippen LogP contribution in [0.25, 0.3) is 22.4 Å². The fourth-order valence-corrected chi connectivity index (χ4v) is 6.22. The lowest BCUT2D eigenvalue weighted by Crippen LogP contribution is -2.46. The maximum atomic E-state index is 14.8. The number of alkyl halides is 4. The third-order valence-electron chi connectivity index (χ3n) is 8.83. The number of likely N-dealkylation sites (N-methyl/N-ethyl adjacent to an activating group) is 1. The molecule has 1 saturated carbocycles. The summed E-state index contributed by atoms with van der Waals surface area (Å²) >= 11 is 0. The second-order valence-corrected chi connectivity index (χ2v) is 12.2. The Morgan fingerprint density at radius 2 is 1.91 bits per heavy atom. The van der Waals surface area contributed by atoms with Gasteiger partial charge in [-0.15, -0.1) is 0 Å². The van der Waals surface area contributed by atoms with E-state index >= 15 is 0 Å². The van der Waals surface area contributed by atoms with E-state index in [0.717, 1.165) is 43.7 Å². The van der Waals surface area contributed by atoms with Crippen LogP contribution in [0.3, 0.4) is 0 Å². The molecule has 1 amide bonds.